The first kappa shape index (κ1) is 19.3. The molecule has 1 aliphatic heterocycles. The zero-order valence-electron chi connectivity index (χ0n) is 17.7. The maximum absolute atomic E-state index is 11.6. The summed E-state index contributed by atoms with van der Waals surface area (Å²) in [5.41, 5.74) is 6.09. The van der Waals surface area contributed by atoms with Gasteiger partial charge in [-0.3, -0.25) is 14.7 Å². The highest BCUT2D eigenvalue weighted by molar-refractivity contribution is 5.87. The fraction of sp³-hybridized carbons (Fsp3) is 0.0741. The van der Waals surface area contributed by atoms with Crippen LogP contribution in [0.25, 0.3) is 22.4 Å². The molecule has 0 bridgehead atoms. The molecule has 0 aliphatic carbocycles. The summed E-state index contributed by atoms with van der Waals surface area (Å²) in [5.74, 6) is 0.868. The van der Waals surface area contributed by atoms with E-state index in [0.717, 1.165) is 39.2 Å². The van der Waals surface area contributed by atoms with Gasteiger partial charge in [0.25, 0.3) is 5.69 Å². The minimum atomic E-state index is -0.339. The Kier molecular flexibility index (Phi) is 4.43. The minimum absolute atomic E-state index is 0.0805. The van der Waals surface area contributed by atoms with Gasteiger partial charge in [-0.15, -0.1) is 0 Å². The number of para-hydroxylation sites is 3. The highest BCUT2D eigenvalue weighted by atomic mass is 16.6. The molecule has 0 spiro atoms. The van der Waals surface area contributed by atoms with Crippen molar-refractivity contribution in [3.05, 3.63) is 124 Å². The van der Waals surface area contributed by atoms with Crippen molar-refractivity contribution in [3.63, 3.8) is 0 Å². The summed E-state index contributed by atoms with van der Waals surface area (Å²) in [4.78, 5) is 18.5. The van der Waals surface area contributed by atoms with E-state index in [0.29, 0.717) is 6.54 Å². The molecule has 6 heteroatoms. The van der Waals surface area contributed by atoms with Crippen molar-refractivity contribution in [1.82, 2.24) is 9.55 Å². The van der Waals surface area contributed by atoms with E-state index >= 15 is 0 Å². The van der Waals surface area contributed by atoms with Crippen molar-refractivity contribution in [1.29, 1.82) is 0 Å². The molecule has 0 fully saturated rings. The molecule has 6 rings (SSSR count). The van der Waals surface area contributed by atoms with Gasteiger partial charge in [-0.1, -0.05) is 66.7 Å². The third-order valence-electron chi connectivity index (χ3n) is 6.16. The number of aromatic nitrogens is 2. The highest BCUT2D eigenvalue weighted by Crippen LogP contribution is 2.45. The normalized spacial score (nSPS) is 14.7. The molecule has 0 radical (unpaired) electrons. The van der Waals surface area contributed by atoms with Crippen molar-refractivity contribution in [2.45, 2.75) is 12.7 Å². The molecule has 0 amide bonds. The van der Waals surface area contributed by atoms with E-state index in [1.54, 1.807) is 12.1 Å². The van der Waals surface area contributed by atoms with Crippen molar-refractivity contribution in [2.75, 3.05) is 4.90 Å². The lowest BCUT2D eigenvalue weighted by molar-refractivity contribution is -0.384. The molecule has 0 N–H and O–H groups in total. The van der Waals surface area contributed by atoms with Gasteiger partial charge in [0.05, 0.1) is 16.0 Å². The second-order valence-corrected chi connectivity index (χ2v) is 8.15. The van der Waals surface area contributed by atoms with Crippen LogP contribution in [0.5, 0.6) is 0 Å². The van der Waals surface area contributed by atoms with E-state index in [1.807, 2.05) is 54.6 Å². The van der Waals surface area contributed by atoms with E-state index < -0.39 is 0 Å². The molecule has 4 aromatic carbocycles. The Morgan fingerprint density at radius 3 is 2.45 bits per heavy atom. The van der Waals surface area contributed by atoms with Crippen LogP contribution in [0.15, 0.2) is 103 Å². The third-order valence-corrected chi connectivity index (χ3v) is 6.16. The first-order valence-corrected chi connectivity index (χ1v) is 10.8. The average Bonchev–Trinajstić information content (AvgIpc) is 3.24. The second-order valence-electron chi connectivity index (χ2n) is 8.15. The van der Waals surface area contributed by atoms with Crippen LogP contribution in [0.3, 0.4) is 0 Å². The summed E-state index contributed by atoms with van der Waals surface area (Å²) in [6.45, 7) is 0.650. The lowest BCUT2D eigenvalue weighted by Gasteiger charge is -2.40. The SMILES string of the molecule is O=[N+]([O-])c1cccc([C@@H]2N(Cc3ccccc3)c3ccccc3-c3nc4ccccc4n32)c1. The van der Waals surface area contributed by atoms with E-state index in [-0.39, 0.29) is 16.8 Å². The van der Waals surface area contributed by atoms with Gasteiger partial charge in [-0.2, -0.15) is 0 Å². The molecule has 1 aliphatic rings. The van der Waals surface area contributed by atoms with Crippen LogP contribution in [-0.4, -0.2) is 14.5 Å². The first-order chi connectivity index (χ1) is 16.2. The Labute approximate surface area is 190 Å². The van der Waals surface area contributed by atoms with Crippen LogP contribution >= 0.6 is 0 Å². The van der Waals surface area contributed by atoms with Gasteiger partial charge in [-0.05, 0) is 29.8 Å². The molecule has 0 saturated carbocycles. The summed E-state index contributed by atoms with van der Waals surface area (Å²) in [7, 11) is 0. The number of nitro benzene ring substituents is 1. The number of hydrogen-bond acceptors (Lipinski definition) is 4. The summed E-state index contributed by atoms with van der Waals surface area (Å²) in [6.07, 6.45) is -0.289. The molecular weight excluding hydrogens is 412 g/mol. The van der Waals surface area contributed by atoms with E-state index in [1.165, 1.54) is 6.07 Å². The molecule has 5 aromatic rings. The predicted molar refractivity (Wildman–Crippen MR) is 129 cm³/mol. The maximum atomic E-state index is 11.6. The van der Waals surface area contributed by atoms with Gasteiger partial charge < -0.3 is 4.90 Å². The first-order valence-electron chi connectivity index (χ1n) is 10.8. The number of benzene rings is 4. The lowest BCUT2D eigenvalue weighted by atomic mass is 10.0. The molecule has 2 heterocycles. The number of non-ortho nitro benzene ring substituents is 1. The average molecular weight is 432 g/mol. The number of anilines is 1. The van der Waals surface area contributed by atoms with Crippen LogP contribution in [0, 0.1) is 10.1 Å². The van der Waals surface area contributed by atoms with Gasteiger partial charge in [0.2, 0.25) is 0 Å². The van der Waals surface area contributed by atoms with Crippen LogP contribution in [0.1, 0.15) is 17.3 Å². The van der Waals surface area contributed by atoms with Gasteiger partial charge in [-0.25, -0.2) is 4.98 Å². The Hall–Kier alpha value is -4.45. The Balaban J connectivity index is 1.65. The van der Waals surface area contributed by atoms with Crippen LogP contribution < -0.4 is 4.90 Å². The van der Waals surface area contributed by atoms with Crippen LogP contribution in [0.2, 0.25) is 0 Å². The monoisotopic (exact) mass is 432 g/mol. The second kappa shape index (κ2) is 7.60. The predicted octanol–water partition coefficient (Wildman–Crippen LogP) is 6.18. The van der Waals surface area contributed by atoms with Crippen molar-refractivity contribution in [2.24, 2.45) is 0 Å². The number of imidazole rings is 1. The number of hydrogen-bond donors (Lipinski definition) is 0. The Morgan fingerprint density at radius 2 is 1.61 bits per heavy atom. The number of nitrogens with zero attached hydrogens (tertiary/aromatic N) is 4. The molecule has 1 atom stereocenters. The van der Waals surface area contributed by atoms with Gasteiger partial charge in [0.1, 0.15) is 12.0 Å². The molecular formula is C27H20N4O2. The fourth-order valence-electron chi connectivity index (χ4n) is 4.75. The van der Waals surface area contributed by atoms with Crippen molar-refractivity contribution < 1.29 is 4.92 Å². The summed E-state index contributed by atoms with van der Waals surface area (Å²) in [5, 5.41) is 11.6. The van der Waals surface area contributed by atoms with E-state index in [4.69, 9.17) is 4.98 Å². The quantitative estimate of drug-likeness (QED) is 0.251. The molecule has 33 heavy (non-hydrogen) atoms. The number of nitro groups is 1. The Bertz CT molecular complexity index is 1490. The smallest absolute Gasteiger partial charge is 0.269 e. The van der Waals surface area contributed by atoms with Gasteiger partial charge in [0, 0.05) is 35.5 Å². The van der Waals surface area contributed by atoms with Crippen molar-refractivity contribution in [3.8, 4) is 11.4 Å². The summed E-state index contributed by atoms with van der Waals surface area (Å²) in [6, 6.07) is 33.5. The van der Waals surface area contributed by atoms with Crippen molar-refractivity contribution >= 4 is 22.4 Å². The number of rotatable bonds is 4. The van der Waals surface area contributed by atoms with Crippen LogP contribution in [0.4, 0.5) is 11.4 Å². The largest absolute Gasteiger partial charge is 0.342 e. The number of fused-ring (bicyclic) bond motifs is 5. The van der Waals surface area contributed by atoms with Gasteiger partial charge in [0.15, 0.2) is 0 Å². The third kappa shape index (κ3) is 3.15. The molecule has 0 saturated heterocycles. The lowest BCUT2D eigenvalue weighted by Crippen LogP contribution is -2.36. The fourth-order valence-corrected chi connectivity index (χ4v) is 4.75. The summed E-state index contributed by atoms with van der Waals surface area (Å²) < 4.78 is 2.21. The Morgan fingerprint density at radius 1 is 0.848 bits per heavy atom. The van der Waals surface area contributed by atoms with E-state index in [2.05, 4.69) is 39.8 Å². The summed E-state index contributed by atoms with van der Waals surface area (Å²) >= 11 is 0. The van der Waals surface area contributed by atoms with Crippen LogP contribution in [-0.2, 0) is 6.54 Å². The zero-order valence-corrected chi connectivity index (χ0v) is 17.7. The molecule has 6 nitrogen and oxygen atoms in total. The molecule has 0 unspecified atom stereocenters. The minimum Gasteiger partial charge on any atom is -0.342 e. The topological polar surface area (TPSA) is 64.2 Å². The molecule has 160 valence electrons. The standard InChI is InChI=1S/C27H20N4O2/c32-31(33)21-12-8-11-20(17-21)27-29(18-19-9-2-1-3-10-19)24-15-6-4-13-22(24)26-28-23-14-5-7-16-25(23)30(26)27/h1-17,27H,18H2/t27-/m1/s1. The molecule has 1 aromatic heterocycles. The maximum Gasteiger partial charge on any atom is 0.269 e. The van der Waals surface area contributed by atoms with Gasteiger partial charge >= 0.3 is 0 Å². The zero-order chi connectivity index (χ0) is 22.4. The van der Waals surface area contributed by atoms with E-state index in [9.17, 15) is 10.1 Å². The highest BCUT2D eigenvalue weighted by Gasteiger charge is 2.34.